The molecule has 1 aromatic rings. The second-order valence-corrected chi connectivity index (χ2v) is 9.75. The molecule has 0 radical (unpaired) electrons. The van der Waals surface area contributed by atoms with Crippen LogP contribution in [0.2, 0.25) is 0 Å². The maximum absolute atomic E-state index is 12.1. The maximum atomic E-state index is 12.1. The molecular weight excluding hydrogens is 332 g/mol. The molecule has 0 saturated carbocycles. The Morgan fingerprint density at radius 3 is 2.65 bits per heavy atom. The summed E-state index contributed by atoms with van der Waals surface area (Å²) >= 11 is 1.42. The van der Waals surface area contributed by atoms with Gasteiger partial charge in [-0.1, -0.05) is 43.8 Å². The summed E-state index contributed by atoms with van der Waals surface area (Å²) in [6.45, 7) is 3.96. The Labute approximate surface area is 141 Å². The summed E-state index contributed by atoms with van der Waals surface area (Å²) in [4.78, 5) is 18.3. The van der Waals surface area contributed by atoms with Crippen LogP contribution in [0.15, 0.2) is 35.3 Å². The quantitative estimate of drug-likeness (QED) is 0.835. The molecule has 0 spiro atoms. The molecule has 2 aliphatic heterocycles. The van der Waals surface area contributed by atoms with E-state index in [-0.39, 0.29) is 34.6 Å². The number of amides is 1. The Bertz CT molecular complexity index is 729. The first kappa shape index (κ1) is 16.5. The highest BCUT2D eigenvalue weighted by Gasteiger charge is 2.49. The Balaban J connectivity index is 1.94. The second kappa shape index (κ2) is 6.28. The van der Waals surface area contributed by atoms with Gasteiger partial charge in [0, 0.05) is 17.4 Å². The van der Waals surface area contributed by atoms with E-state index >= 15 is 0 Å². The van der Waals surface area contributed by atoms with Gasteiger partial charge in [-0.25, -0.2) is 8.42 Å². The van der Waals surface area contributed by atoms with Gasteiger partial charge in [-0.05, 0) is 18.1 Å². The lowest BCUT2D eigenvalue weighted by atomic mass is 10.1. The van der Waals surface area contributed by atoms with Crippen molar-refractivity contribution in [3.8, 4) is 0 Å². The number of amidine groups is 1. The highest BCUT2D eigenvalue weighted by Crippen LogP contribution is 2.40. The van der Waals surface area contributed by atoms with Crippen molar-refractivity contribution in [2.24, 2.45) is 10.9 Å². The van der Waals surface area contributed by atoms with Crippen molar-refractivity contribution in [2.75, 3.05) is 16.4 Å². The van der Waals surface area contributed by atoms with Gasteiger partial charge >= 0.3 is 0 Å². The molecule has 2 heterocycles. The molecule has 1 aromatic carbocycles. The molecule has 7 heteroatoms. The molecule has 3 rings (SSSR count). The summed E-state index contributed by atoms with van der Waals surface area (Å²) in [5.41, 5.74) is 0.890. The van der Waals surface area contributed by atoms with E-state index in [1.54, 1.807) is 0 Å². The first-order chi connectivity index (χ1) is 10.9. The largest absolute Gasteiger partial charge is 0.316 e. The summed E-state index contributed by atoms with van der Waals surface area (Å²) < 4.78 is 23.9. The Hall–Kier alpha value is -1.34. The van der Waals surface area contributed by atoms with E-state index in [1.165, 1.54) is 11.8 Å². The molecule has 2 unspecified atom stereocenters. The smallest absolute Gasteiger partial charge is 0.248 e. The molecule has 23 heavy (non-hydrogen) atoms. The lowest BCUT2D eigenvalue weighted by molar-refractivity contribution is -0.118. The van der Waals surface area contributed by atoms with E-state index in [1.807, 2.05) is 49.1 Å². The topological polar surface area (TPSA) is 66.8 Å². The predicted octanol–water partition coefficient (Wildman–Crippen LogP) is 2.33. The number of nitrogens with zero attached hydrogens (tertiary/aromatic N) is 2. The van der Waals surface area contributed by atoms with Crippen LogP contribution in [0.3, 0.4) is 0 Å². The number of rotatable bonds is 3. The number of thioether (sulfide) groups is 1. The van der Waals surface area contributed by atoms with E-state index in [4.69, 9.17) is 0 Å². The summed E-state index contributed by atoms with van der Waals surface area (Å²) in [5, 5.41) is 0.581. The lowest BCUT2D eigenvalue weighted by Gasteiger charge is -2.24. The van der Waals surface area contributed by atoms with Crippen molar-refractivity contribution in [2.45, 2.75) is 31.6 Å². The van der Waals surface area contributed by atoms with Crippen LogP contribution in [0.1, 0.15) is 20.3 Å². The number of benzene rings is 1. The van der Waals surface area contributed by atoms with E-state index in [0.717, 1.165) is 5.69 Å². The summed E-state index contributed by atoms with van der Waals surface area (Å²) in [6.07, 6.45) is 0.403. The first-order valence-corrected chi connectivity index (χ1v) is 10.4. The zero-order valence-electron chi connectivity index (χ0n) is 13.2. The zero-order chi connectivity index (χ0) is 16.6. The number of anilines is 1. The molecule has 5 nitrogen and oxygen atoms in total. The zero-order valence-corrected chi connectivity index (χ0v) is 14.8. The van der Waals surface area contributed by atoms with Crippen molar-refractivity contribution in [1.29, 1.82) is 0 Å². The van der Waals surface area contributed by atoms with Crippen LogP contribution in [0.5, 0.6) is 0 Å². The minimum atomic E-state index is -3.02. The minimum Gasteiger partial charge on any atom is -0.316 e. The van der Waals surface area contributed by atoms with Gasteiger partial charge in [0.05, 0.1) is 17.5 Å². The van der Waals surface area contributed by atoms with E-state index in [2.05, 4.69) is 4.99 Å². The highest BCUT2D eigenvalue weighted by atomic mass is 32.2. The van der Waals surface area contributed by atoms with Crippen molar-refractivity contribution < 1.29 is 13.2 Å². The molecular formula is C16H20N2O3S2. The molecule has 0 aromatic heterocycles. The maximum Gasteiger partial charge on any atom is 0.248 e. The van der Waals surface area contributed by atoms with Gasteiger partial charge in [-0.2, -0.15) is 4.99 Å². The average molecular weight is 352 g/mol. The molecule has 0 bridgehead atoms. The number of hydrogen-bond donors (Lipinski definition) is 0. The van der Waals surface area contributed by atoms with Crippen molar-refractivity contribution in [1.82, 2.24) is 0 Å². The molecule has 0 N–H and O–H groups in total. The van der Waals surface area contributed by atoms with Gasteiger partial charge in [0.25, 0.3) is 0 Å². The fraction of sp³-hybridized carbons (Fsp3) is 0.500. The van der Waals surface area contributed by atoms with Crippen molar-refractivity contribution in [3.63, 3.8) is 0 Å². The molecule has 2 saturated heterocycles. The van der Waals surface area contributed by atoms with Gasteiger partial charge in [0.1, 0.15) is 0 Å². The number of aliphatic imine (C=N–C) groups is 1. The molecule has 2 fully saturated rings. The second-order valence-electron chi connectivity index (χ2n) is 6.39. The third-order valence-electron chi connectivity index (χ3n) is 3.90. The van der Waals surface area contributed by atoms with Gasteiger partial charge in [-0.3, -0.25) is 4.79 Å². The van der Waals surface area contributed by atoms with Gasteiger partial charge in [0.15, 0.2) is 15.0 Å². The Morgan fingerprint density at radius 1 is 1.30 bits per heavy atom. The number of hydrogen-bond acceptors (Lipinski definition) is 4. The molecule has 2 atom stereocenters. The third kappa shape index (κ3) is 3.61. The first-order valence-electron chi connectivity index (χ1n) is 7.68. The summed E-state index contributed by atoms with van der Waals surface area (Å²) in [6, 6.07) is 9.44. The number of carbonyl (C=O) groups excluding carboxylic acids is 1. The number of sulfone groups is 1. The monoisotopic (exact) mass is 352 g/mol. The van der Waals surface area contributed by atoms with E-state index < -0.39 is 9.84 Å². The van der Waals surface area contributed by atoms with Gasteiger partial charge < -0.3 is 4.90 Å². The van der Waals surface area contributed by atoms with Crippen LogP contribution in [-0.4, -0.2) is 42.3 Å². The fourth-order valence-electron chi connectivity index (χ4n) is 2.96. The van der Waals surface area contributed by atoms with Crippen LogP contribution in [-0.2, 0) is 14.6 Å². The summed E-state index contributed by atoms with van der Waals surface area (Å²) in [5.74, 6) is 0.384. The predicted molar refractivity (Wildman–Crippen MR) is 94.6 cm³/mol. The molecule has 0 aliphatic carbocycles. The Morgan fingerprint density at radius 2 is 2.00 bits per heavy atom. The Kier molecular flexibility index (Phi) is 4.51. The van der Waals surface area contributed by atoms with Gasteiger partial charge in [-0.15, -0.1) is 0 Å². The van der Waals surface area contributed by atoms with Crippen molar-refractivity contribution in [3.05, 3.63) is 30.3 Å². The van der Waals surface area contributed by atoms with Crippen molar-refractivity contribution >= 4 is 38.4 Å². The summed E-state index contributed by atoms with van der Waals surface area (Å²) in [7, 11) is -3.02. The average Bonchev–Trinajstić information content (AvgIpc) is 2.89. The van der Waals surface area contributed by atoms with Crippen LogP contribution in [0.4, 0.5) is 5.69 Å². The van der Waals surface area contributed by atoms with E-state index in [9.17, 15) is 13.2 Å². The normalized spacial score (nSPS) is 27.6. The standard InChI is InChI=1S/C16H20N2O3S2/c1-11(2)8-15(19)17-16-18(12-6-4-3-5-7-12)13-9-23(20,21)10-14(13)22-16/h3-7,11,13-14H,8-10H2,1-2H3. The van der Waals surface area contributed by atoms with Crippen LogP contribution < -0.4 is 4.90 Å². The van der Waals surface area contributed by atoms with Crippen LogP contribution in [0, 0.1) is 5.92 Å². The third-order valence-corrected chi connectivity index (χ3v) is 7.11. The van der Waals surface area contributed by atoms with Crippen LogP contribution >= 0.6 is 11.8 Å². The molecule has 2 aliphatic rings. The van der Waals surface area contributed by atoms with E-state index in [0.29, 0.717) is 11.6 Å². The SMILES string of the molecule is CC(C)CC(=O)N=C1SC2CS(=O)(=O)CC2N1c1ccccc1. The van der Waals surface area contributed by atoms with Gasteiger partial charge in [0.2, 0.25) is 5.91 Å². The number of fused-ring (bicyclic) bond motifs is 1. The fourth-order valence-corrected chi connectivity index (χ4v) is 6.89. The highest BCUT2D eigenvalue weighted by molar-refractivity contribution is 8.16. The number of para-hydroxylation sites is 1. The molecule has 124 valence electrons. The minimum absolute atomic E-state index is 0.0502. The number of carbonyl (C=O) groups is 1. The lowest BCUT2D eigenvalue weighted by Crippen LogP contribution is -2.37. The van der Waals surface area contributed by atoms with Crippen LogP contribution in [0.25, 0.3) is 0 Å². The molecule has 1 amide bonds.